The summed E-state index contributed by atoms with van der Waals surface area (Å²) in [4.78, 5) is 12.6. The van der Waals surface area contributed by atoms with E-state index in [1.165, 1.54) is 10.6 Å². The Balaban J connectivity index is 1.29. The molecule has 0 aliphatic carbocycles. The molecule has 0 bridgehead atoms. The van der Waals surface area contributed by atoms with E-state index in [0.717, 1.165) is 49.5 Å². The van der Waals surface area contributed by atoms with Gasteiger partial charge in [-0.1, -0.05) is 30.4 Å². The molecule has 28 heavy (non-hydrogen) atoms. The maximum Gasteiger partial charge on any atom is 0.180 e. The molecule has 2 N–H and O–H groups in total. The maximum absolute atomic E-state index is 5.86. The summed E-state index contributed by atoms with van der Waals surface area (Å²) >= 11 is 1.63. The molecule has 0 saturated carbocycles. The molecule has 4 rings (SSSR count). The van der Waals surface area contributed by atoms with Crippen molar-refractivity contribution in [1.82, 2.24) is 14.9 Å². The smallest absolute Gasteiger partial charge is 0.180 e. The van der Waals surface area contributed by atoms with Gasteiger partial charge in [-0.05, 0) is 36.2 Å². The number of fused-ring (bicyclic) bond motifs is 1. The van der Waals surface area contributed by atoms with Crippen LogP contribution in [0.4, 0.5) is 5.13 Å². The Bertz CT molecular complexity index is 913. The predicted molar refractivity (Wildman–Crippen MR) is 114 cm³/mol. The normalized spacial score (nSPS) is 14.7. The van der Waals surface area contributed by atoms with Crippen molar-refractivity contribution in [3.63, 3.8) is 0 Å². The topological polar surface area (TPSA) is 64.3 Å². The minimum atomic E-state index is 0.477. The van der Waals surface area contributed by atoms with Crippen LogP contribution >= 0.6 is 11.3 Å². The van der Waals surface area contributed by atoms with Crippen LogP contribution < -0.4 is 10.5 Å². The van der Waals surface area contributed by atoms with Crippen LogP contribution in [0.25, 0.3) is 6.08 Å². The molecule has 0 atom stereocenters. The van der Waals surface area contributed by atoms with Gasteiger partial charge in [0.15, 0.2) is 5.13 Å². The molecule has 0 unspecified atom stereocenters. The van der Waals surface area contributed by atoms with Crippen molar-refractivity contribution >= 4 is 22.5 Å². The van der Waals surface area contributed by atoms with Crippen LogP contribution in [-0.2, 0) is 19.4 Å². The second-order valence-electron chi connectivity index (χ2n) is 6.81. The molecular weight excluding hydrogens is 368 g/mol. The summed E-state index contributed by atoms with van der Waals surface area (Å²) < 4.78 is 5.86. The highest BCUT2D eigenvalue weighted by molar-refractivity contribution is 7.15. The number of thiazole rings is 1. The number of hydrogen-bond donors (Lipinski definition) is 1. The predicted octanol–water partition coefficient (Wildman–Crippen LogP) is 3.81. The third-order valence-corrected chi connectivity index (χ3v) is 5.75. The number of ether oxygens (including phenoxy) is 1. The molecular formula is C22H24N4OS. The quantitative estimate of drug-likeness (QED) is 0.691. The molecule has 2 aromatic heterocycles. The maximum atomic E-state index is 5.86. The number of nitrogen functional groups attached to an aromatic ring is 1. The third-order valence-electron chi connectivity index (χ3n) is 4.76. The molecule has 1 aliphatic heterocycles. The minimum Gasteiger partial charge on any atom is -0.487 e. The number of nitrogens with two attached hydrogens (primary N) is 1. The summed E-state index contributed by atoms with van der Waals surface area (Å²) in [5.74, 6) is 0.857. The van der Waals surface area contributed by atoms with Gasteiger partial charge in [0.1, 0.15) is 12.4 Å². The average Bonchev–Trinajstić information content (AvgIpc) is 2.98. The lowest BCUT2D eigenvalue weighted by Crippen LogP contribution is -2.26. The van der Waals surface area contributed by atoms with E-state index in [1.54, 1.807) is 17.5 Å². The fourth-order valence-corrected chi connectivity index (χ4v) is 4.17. The lowest BCUT2D eigenvalue weighted by atomic mass is 10.2. The Morgan fingerprint density at radius 2 is 2.07 bits per heavy atom. The third kappa shape index (κ3) is 4.97. The van der Waals surface area contributed by atoms with Crippen molar-refractivity contribution < 1.29 is 4.74 Å². The summed E-state index contributed by atoms with van der Waals surface area (Å²) in [6.07, 6.45) is 8.18. The summed E-state index contributed by atoms with van der Waals surface area (Å²) in [6.45, 7) is 3.48. The number of hydrogen-bond acceptors (Lipinski definition) is 6. The van der Waals surface area contributed by atoms with Crippen LogP contribution in [0.15, 0.2) is 54.7 Å². The van der Waals surface area contributed by atoms with Gasteiger partial charge in [0.05, 0.1) is 11.4 Å². The summed E-state index contributed by atoms with van der Waals surface area (Å²) in [5, 5.41) is 0.698. The van der Waals surface area contributed by atoms with Crippen LogP contribution in [0.1, 0.15) is 21.8 Å². The fourth-order valence-electron chi connectivity index (χ4n) is 3.30. The van der Waals surface area contributed by atoms with Crippen molar-refractivity contribution in [2.75, 3.05) is 25.4 Å². The molecule has 0 saturated heterocycles. The Kier molecular flexibility index (Phi) is 5.99. The molecule has 0 radical (unpaired) electrons. The molecule has 144 valence electrons. The van der Waals surface area contributed by atoms with Crippen molar-refractivity contribution in [2.24, 2.45) is 0 Å². The van der Waals surface area contributed by atoms with Crippen molar-refractivity contribution in [3.8, 4) is 5.75 Å². The van der Waals surface area contributed by atoms with E-state index in [9.17, 15) is 0 Å². The Morgan fingerprint density at radius 1 is 1.14 bits per heavy atom. The van der Waals surface area contributed by atoms with E-state index in [2.05, 4.69) is 39.2 Å². The zero-order chi connectivity index (χ0) is 19.2. The molecule has 6 heteroatoms. The number of pyridine rings is 1. The summed E-state index contributed by atoms with van der Waals surface area (Å²) in [7, 11) is 0. The first-order valence-corrected chi connectivity index (χ1v) is 10.3. The van der Waals surface area contributed by atoms with Crippen LogP contribution in [0.5, 0.6) is 5.75 Å². The molecule has 3 aromatic rings. The Morgan fingerprint density at radius 3 is 2.96 bits per heavy atom. The van der Waals surface area contributed by atoms with Gasteiger partial charge in [-0.3, -0.25) is 9.88 Å². The number of nitrogens with zero attached hydrogens (tertiary/aromatic N) is 3. The van der Waals surface area contributed by atoms with Crippen LogP contribution in [0.2, 0.25) is 0 Å². The molecule has 1 aliphatic rings. The van der Waals surface area contributed by atoms with Crippen LogP contribution in [-0.4, -0.2) is 34.5 Å². The van der Waals surface area contributed by atoms with E-state index in [-0.39, 0.29) is 0 Å². The van der Waals surface area contributed by atoms with Gasteiger partial charge >= 0.3 is 0 Å². The zero-order valence-corrected chi connectivity index (χ0v) is 16.6. The first kappa shape index (κ1) is 18.7. The average molecular weight is 393 g/mol. The van der Waals surface area contributed by atoms with Crippen molar-refractivity contribution in [2.45, 2.75) is 19.4 Å². The molecule has 3 heterocycles. The van der Waals surface area contributed by atoms with Crippen LogP contribution in [0, 0.1) is 0 Å². The van der Waals surface area contributed by atoms with Gasteiger partial charge in [-0.2, -0.15) is 0 Å². The van der Waals surface area contributed by atoms with E-state index in [1.807, 2.05) is 30.3 Å². The first-order chi connectivity index (χ1) is 13.8. The summed E-state index contributed by atoms with van der Waals surface area (Å²) in [5.41, 5.74) is 9.08. The molecule has 0 fully saturated rings. The van der Waals surface area contributed by atoms with Crippen LogP contribution in [0.3, 0.4) is 0 Å². The number of rotatable bonds is 6. The molecule has 0 amide bonds. The van der Waals surface area contributed by atoms with E-state index < -0.39 is 0 Å². The van der Waals surface area contributed by atoms with Crippen molar-refractivity contribution in [3.05, 3.63) is 76.6 Å². The lowest BCUT2D eigenvalue weighted by Gasteiger charge is -2.17. The number of anilines is 1. The minimum absolute atomic E-state index is 0.477. The van der Waals surface area contributed by atoms with E-state index in [4.69, 9.17) is 10.5 Å². The van der Waals surface area contributed by atoms with Gasteiger partial charge < -0.3 is 10.5 Å². The highest BCUT2D eigenvalue weighted by atomic mass is 32.1. The molecule has 1 aromatic carbocycles. The standard InChI is InChI=1S/C22H24N4OS/c23-22-25-20-9-13-26(14-10-21(20)28-22)12-4-6-17-5-3-8-19(15-17)27-16-18-7-1-2-11-24-18/h1-8,11,15H,9-10,12-14,16H2,(H2,23,25)/b6-4+. The zero-order valence-electron chi connectivity index (χ0n) is 15.8. The fraction of sp³-hybridized carbons (Fsp3) is 0.273. The van der Waals surface area contributed by atoms with E-state index >= 15 is 0 Å². The Hall–Kier alpha value is -2.70. The monoisotopic (exact) mass is 392 g/mol. The van der Waals surface area contributed by atoms with Gasteiger partial charge in [-0.25, -0.2) is 4.98 Å². The van der Waals surface area contributed by atoms with Gasteiger partial charge in [0.2, 0.25) is 0 Å². The van der Waals surface area contributed by atoms with Gasteiger partial charge in [-0.15, -0.1) is 11.3 Å². The SMILES string of the molecule is Nc1nc2c(s1)CCN(C/C=C/c1cccc(OCc3ccccn3)c1)CC2. The Labute approximate surface area is 169 Å². The molecule has 0 spiro atoms. The number of aromatic nitrogens is 2. The second-order valence-corrected chi connectivity index (χ2v) is 7.92. The van der Waals surface area contributed by atoms with Gasteiger partial charge in [0.25, 0.3) is 0 Å². The van der Waals surface area contributed by atoms with Gasteiger partial charge in [0, 0.05) is 37.1 Å². The number of benzene rings is 1. The highest BCUT2D eigenvalue weighted by Crippen LogP contribution is 2.24. The first-order valence-electron chi connectivity index (χ1n) is 9.52. The van der Waals surface area contributed by atoms with E-state index in [0.29, 0.717) is 11.7 Å². The largest absolute Gasteiger partial charge is 0.487 e. The second kappa shape index (κ2) is 8.99. The highest BCUT2D eigenvalue weighted by Gasteiger charge is 2.16. The molecule has 5 nitrogen and oxygen atoms in total. The summed E-state index contributed by atoms with van der Waals surface area (Å²) in [6, 6.07) is 14.0. The lowest BCUT2D eigenvalue weighted by molar-refractivity contribution is 0.301. The van der Waals surface area contributed by atoms with Crippen molar-refractivity contribution in [1.29, 1.82) is 0 Å².